The van der Waals surface area contributed by atoms with Crippen LogP contribution in [-0.2, 0) is 17.9 Å². The highest BCUT2D eigenvalue weighted by molar-refractivity contribution is 6.05. The topological polar surface area (TPSA) is 92.0 Å². The molecule has 1 aliphatic rings. The number of ether oxygens (including phenoxy) is 1. The predicted octanol–water partition coefficient (Wildman–Crippen LogP) is 1.74. The number of amides is 1. The molecule has 7 heteroatoms. The number of methoxy groups -OCH3 is 1. The molecule has 0 saturated carbocycles. The Kier molecular flexibility index (Phi) is 8.38. The van der Waals surface area contributed by atoms with Crippen molar-refractivity contribution < 1.29 is 9.53 Å². The highest BCUT2D eigenvalue weighted by atomic mass is 16.5. The number of nitrogens with two attached hydrogens (primary N) is 1. The van der Waals surface area contributed by atoms with Gasteiger partial charge in [-0.05, 0) is 29.7 Å². The van der Waals surface area contributed by atoms with E-state index in [9.17, 15) is 4.79 Å². The Morgan fingerprint density at radius 1 is 1.17 bits per heavy atom. The van der Waals surface area contributed by atoms with E-state index in [4.69, 9.17) is 10.6 Å². The second kappa shape index (κ2) is 11.4. The summed E-state index contributed by atoms with van der Waals surface area (Å²) in [7, 11) is 1.64. The lowest BCUT2D eigenvalue weighted by molar-refractivity contribution is -0.124. The van der Waals surface area contributed by atoms with E-state index in [2.05, 4.69) is 32.8 Å². The molecule has 160 valence electrons. The summed E-state index contributed by atoms with van der Waals surface area (Å²) in [6.45, 7) is 4.05. The number of likely N-dealkylation sites (tertiary alicyclic amines) is 1. The van der Waals surface area contributed by atoms with Gasteiger partial charge in [0.1, 0.15) is 5.75 Å². The van der Waals surface area contributed by atoms with Gasteiger partial charge in [0, 0.05) is 38.4 Å². The highest BCUT2D eigenvalue weighted by Gasteiger charge is 2.31. The molecule has 0 aromatic heterocycles. The molecule has 1 unspecified atom stereocenters. The number of carbonyl (C=O) groups excluding carboxylic acids is 1. The smallest absolute Gasteiger partial charge is 0.230 e. The maximum Gasteiger partial charge on any atom is 0.230 e. The van der Waals surface area contributed by atoms with E-state index in [0.717, 1.165) is 36.5 Å². The van der Waals surface area contributed by atoms with Crippen LogP contribution in [0, 0.1) is 5.92 Å². The number of nitrogens with one attached hydrogen (secondary N) is 2. The number of benzene rings is 2. The standard InChI is InChI=1S/C23H31N5O2/c1-30-20-9-7-18(8-10-20)15-26-23(29)21-17-28(16-19-5-3-2-4-6-19)14-11-22(21)25-12-13-27-24/h2-10,21,27H,11-17,24H2,1H3,(H,26,29). The molecule has 2 aromatic rings. The molecule has 0 radical (unpaired) electrons. The molecule has 30 heavy (non-hydrogen) atoms. The molecule has 0 bridgehead atoms. The molecule has 1 heterocycles. The molecular formula is C23H31N5O2. The quantitative estimate of drug-likeness (QED) is 0.333. The van der Waals surface area contributed by atoms with E-state index in [-0.39, 0.29) is 11.8 Å². The van der Waals surface area contributed by atoms with Crippen molar-refractivity contribution >= 4 is 11.6 Å². The number of hydrazine groups is 1. The number of aliphatic imine (C=N–C) groups is 1. The third-order valence-electron chi connectivity index (χ3n) is 5.29. The molecule has 3 rings (SSSR count). The summed E-state index contributed by atoms with van der Waals surface area (Å²) in [6, 6.07) is 18.1. The van der Waals surface area contributed by atoms with Crippen LogP contribution < -0.4 is 21.3 Å². The minimum Gasteiger partial charge on any atom is -0.497 e. The fraction of sp³-hybridized carbons (Fsp3) is 0.391. The van der Waals surface area contributed by atoms with Crippen LogP contribution in [0.4, 0.5) is 0 Å². The van der Waals surface area contributed by atoms with Crippen LogP contribution in [0.3, 0.4) is 0 Å². The SMILES string of the molecule is COc1ccc(CNC(=O)C2CN(Cc3ccccc3)CCC2=NCCNN)cc1. The lowest BCUT2D eigenvalue weighted by Crippen LogP contribution is -2.47. The van der Waals surface area contributed by atoms with Crippen LogP contribution in [0.1, 0.15) is 17.5 Å². The Morgan fingerprint density at radius 3 is 2.63 bits per heavy atom. The van der Waals surface area contributed by atoms with E-state index in [1.54, 1.807) is 7.11 Å². The first-order valence-corrected chi connectivity index (χ1v) is 10.3. The van der Waals surface area contributed by atoms with Gasteiger partial charge in [0.25, 0.3) is 0 Å². The van der Waals surface area contributed by atoms with Crippen LogP contribution in [-0.4, -0.2) is 49.8 Å². The van der Waals surface area contributed by atoms with Crippen molar-refractivity contribution in [1.29, 1.82) is 0 Å². The molecule has 4 N–H and O–H groups in total. The number of piperidine rings is 1. The van der Waals surface area contributed by atoms with Gasteiger partial charge in [-0.1, -0.05) is 42.5 Å². The van der Waals surface area contributed by atoms with Gasteiger partial charge >= 0.3 is 0 Å². The molecule has 1 fully saturated rings. The van der Waals surface area contributed by atoms with Gasteiger partial charge in [0.05, 0.1) is 19.6 Å². The van der Waals surface area contributed by atoms with Crippen LogP contribution in [0.15, 0.2) is 59.6 Å². The predicted molar refractivity (Wildman–Crippen MR) is 119 cm³/mol. The largest absolute Gasteiger partial charge is 0.497 e. The van der Waals surface area contributed by atoms with Gasteiger partial charge in [0.15, 0.2) is 0 Å². The van der Waals surface area contributed by atoms with Crippen molar-refractivity contribution in [2.24, 2.45) is 16.8 Å². The van der Waals surface area contributed by atoms with Gasteiger partial charge in [-0.3, -0.25) is 26.0 Å². The molecule has 1 aliphatic heterocycles. The number of carbonyl (C=O) groups is 1. The molecular weight excluding hydrogens is 378 g/mol. The van der Waals surface area contributed by atoms with Gasteiger partial charge in [-0.15, -0.1) is 0 Å². The van der Waals surface area contributed by atoms with Crippen LogP contribution >= 0.6 is 0 Å². The Bertz CT molecular complexity index is 823. The first kappa shape index (κ1) is 22.0. The van der Waals surface area contributed by atoms with Crippen molar-refractivity contribution in [2.75, 3.05) is 33.3 Å². The van der Waals surface area contributed by atoms with Gasteiger partial charge in [-0.25, -0.2) is 0 Å². The van der Waals surface area contributed by atoms with Crippen LogP contribution in [0.25, 0.3) is 0 Å². The Morgan fingerprint density at radius 2 is 1.93 bits per heavy atom. The molecule has 2 aromatic carbocycles. The Labute approximate surface area is 178 Å². The fourth-order valence-corrected chi connectivity index (χ4v) is 3.63. The Hall–Kier alpha value is -2.74. The summed E-state index contributed by atoms with van der Waals surface area (Å²) in [4.78, 5) is 20.0. The average Bonchev–Trinajstić information content (AvgIpc) is 2.79. The molecule has 1 saturated heterocycles. The molecule has 1 amide bonds. The maximum atomic E-state index is 13.1. The van der Waals surface area contributed by atoms with Crippen LogP contribution in [0.5, 0.6) is 5.75 Å². The third kappa shape index (κ3) is 6.38. The molecule has 1 atom stereocenters. The van der Waals surface area contributed by atoms with Gasteiger partial charge in [-0.2, -0.15) is 0 Å². The van der Waals surface area contributed by atoms with E-state index in [1.165, 1.54) is 5.56 Å². The van der Waals surface area contributed by atoms with Crippen molar-refractivity contribution in [3.63, 3.8) is 0 Å². The number of rotatable bonds is 9. The molecule has 0 aliphatic carbocycles. The number of hydrogen-bond acceptors (Lipinski definition) is 6. The van der Waals surface area contributed by atoms with Gasteiger partial charge < -0.3 is 10.1 Å². The Balaban J connectivity index is 1.64. The second-order valence-corrected chi connectivity index (χ2v) is 7.42. The van der Waals surface area contributed by atoms with Crippen molar-refractivity contribution in [1.82, 2.24) is 15.6 Å². The summed E-state index contributed by atoms with van der Waals surface area (Å²) in [5.74, 6) is 5.93. The maximum absolute atomic E-state index is 13.1. The van der Waals surface area contributed by atoms with Crippen molar-refractivity contribution in [3.05, 3.63) is 65.7 Å². The molecule has 0 spiro atoms. The van der Waals surface area contributed by atoms with Crippen molar-refractivity contribution in [3.8, 4) is 5.75 Å². The average molecular weight is 410 g/mol. The van der Waals surface area contributed by atoms with Crippen molar-refractivity contribution in [2.45, 2.75) is 19.5 Å². The summed E-state index contributed by atoms with van der Waals surface area (Å²) in [6.07, 6.45) is 0.790. The fourth-order valence-electron chi connectivity index (χ4n) is 3.63. The van der Waals surface area contributed by atoms with E-state index in [1.807, 2.05) is 42.5 Å². The zero-order valence-electron chi connectivity index (χ0n) is 17.5. The zero-order chi connectivity index (χ0) is 21.2. The zero-order valence-corrected chi connectivity index (χ0v) is 17.5. The molecule has 7 nitrogen and oxygen atoms in total. The monoisotopic (exact) mass is 409 g/mol. The second-order valence-electron chi connectivity index (χ2n) is 7.42. The van der Waals surface area contributed by atoms with E-state index < -0.39 is 0 Å². The lowest BCUT2D eigenvalue weighted by Gasteiger charge is -2.33. The minimum absolute atomic E-state index is 0.0167. The summed E-state index contributed by atoms with van der Waals surface area (Å²) >= 11 is 0. The first-order chi connectivity index (χ1) is 14.7. The lowest BCUT2D eigenvalue weighted by atomic mass is 9.93. The van der Waals surface area contributed by atoms with E-state index in [0.29, 0.717) is 26.2 Å². The third-order valence-corrected chi connectivity index (χ3v) is 5.29. The summed E-state index contributed by atoms with van der Waals surface area (Å²) in [5, 5.41) is 3.08. The summed E-state index contributed by atoms with van der Waals surface area (Å²) < 4.78 is 5.19. The minimum atomic E-state index is -0.251. The van der Waals surface area contributed by atoms with Gasteiger partial charge in [0.2, 0.25) is 5.91 Å². The number of nitrogens with zero attached hydrogens (tertiary/aromatic N) is 2. The normalized spacial score (nSPS) is 18.3. The van der Waals surface area contributed by atoms with Crippen LogP contribution in [0.2, 0.25) is 0 Å². The summed E-state index contributed by atoms with van der Waals surface area (Å²) in [5.41, 5.74) is 5.87. The number of hydrogen-bond donors (Lipinski definition) is 3. The van der Waals surface area contributed by atoms with E-state index >= 15 is 0 Å². The first-order valence-electron chi connectivity index (χ1n) is 10.3. The highest BCUT2D eigenvalue weighted by Crippen LogP contribution is 2.18.